The second-order valence-electron chi connectivity index (χ2n) is 3.65. The zero-order valence-corrected chi connectivity index (χ0v) is 10.1. The van der Waals surface area contributed by atoms with Gasteiger partial charge in [-0.05, 0) is 55.6 Å². The second kappa shape index (κ2) is 6.33. The topological polar surface area (TPSA) is 52.0 Å². The molecule has 0 spiro atoms. The first-order valence-electron chi connectivity index (χ1n) is 5.00. The highest BCUT2D eigenvalue weighted by Gasteiger charge is 2.05. The molecule has 0 bridgehead atoms. The Labute approximate surface area is 101 Å². The van der Waals surface area contributed by atoms with E-state index in [4.69, 9.17) is 34.7 Å². The normalized spacial score (nSPS) is 11.0. The molecule has 4 heteroatoms. The van der Waals surface area contributed by atoms with Gasteiger partial charge in [-0.2, -0.15) is 0 Å². The van der Waals surface area contributed by atoms with Gasteiger partial charge in [0.1, 0.15) is 0 Å². The number of nitrogens with two attached hydrogens (primary N) is 2. The molecule has 0 atom stereocenters. The summed E-state index contributed by atoms with van der Waals surface area (Å²) < 4.78 is 0. The van der Waals surface area contributed by atoms with Gasteiger partial charge in [0, 0.05) is 10.0 Å². The largest absolute Gasteiger partial charge is 0.330 e. The van der Waals surface area contributed by atoms with Crippen molar-refractivity contribution in [3.8, 4) is 0 Å². The van der Waals surface area contributed by atoms with Crippen molar-refractivity contribution in [1.82, 2.24) is 0 Å². The minimum absolute atomic E-state index is 0.378. The van der Waals surface area contributed by atoms with Crippen LogP contribution in [0.2, 0.25) is 10.0 Å². The molecule has 0 radical (unpaired) electrons. The SMILES string of the molecule is NCC(CN)CCc1cc(Cl)cc(Cl)c1. The van der Waals surface area contributed by atoms with E-state index < -0.39 is 0 Å². The Hall–Kier alpha value is -0.280. The van der Waals surface area contributed by atoms with Crippen molar-refractivity contribution in [2.45, 2.75) is 12.8 Å². The van der Waals surface area contributed by atoms with Crippen molar-refractivity contribution in [1.29, 1.82) is 0 Å². The van der Waals surface area contributed by atoms with Crippen molar-refractivity contribution >= 4 is 23.2 Å². The lowest BCUT2D eigenvalue weighted by molar-refractivity contribution is 0.508. The standard InChI is InChI=1S/C11H16Cl2N2/c12-10-3-8(4-11(13)5-10)1-2-9(6-14)7-15/h3-5,9H,1-2,6-7,14-15H2. The third-order valence-electron chi connectivity index (χ3n) is 2.43. The Bertz CT molecular complexity index is 291. The first-order chi connectivity index (χ1) is 7.15. The first-order valence-corrected chi connectivity index (χ1v) is 5.76. The number of rotatable bonds is 5. The molecule has 0 fully saturated rings. The third kappa shape index (κ3) is 4.39. The van der Waals surface area contributed by atoms with Crippen molar-refractivity contribution in [2.24, 2.45) is 17.4 Å². The maximum Gasteiger partial charge on any atom is 0.0423 e. The molecule has 0 heterocycles. The first kappa shape index (κ1) is 12.8. The van der Waals surface area contributed by atoms with E-state index >= 15 is 0 Å². The quantitative estimate of drug-likeness (QED) is 0.839. The average molecular weight is 247 g/mol. The Kier molecular flexibility index (Phi) is 5.40. The molecular weight excluding hydrogens is 231 g/mol. The fourth-order valence-corrected chi connectivity index (χ4v) is 2.03. The lowest BCUT2D eigenvalue weighted by atomic mass is 10.00. The summed E-state index contributed by atoms with van der Waals surface area (Å²) in [4.78, 5) is 0. The molecule has 15 heavy (non-hydrogen) atoms. The van der Waals surface area contributed by atoms with Crippen LogP contribution in [0.4, 0.5) is 0 Å². The molecular formula is C11H16Cl2N2. The maximum absolute atomic E-state index is 5.90. The van der Waals surface area contributed by atoms with Gasteiger partial charge in [0.15, 0.2) is 0 Å². The van der Waals surface area contributed by atoms with E-state index in [2.05, 4.69) is 0 Å². The van der Waals surface area contributed by atoms with Crippen molar-refractivity contribution < 1.29 is 0 Å². The third-order valence-corrected chi connectivity index (χ3v) is 2.87. The lowest BCUT2D eigenvalue weighted by Gasteiger charge is -2.11. The fraction of sp³-hybridized carbons (Fsp3) is 0.455. The minimum atomic E-state index is 0.378. The van der Waals surface area contributed by atoms with E-state index in [1.807, 2.05) is 12.1 Å². The van der Waals surface area contributed by atoms with Gasteiger partial charge >= 0.3 is 0 Å². The van der Waals surface area contributed by atoms with Crippen molar-refractivity contribution in [2.75, 3.05) is 13.1 Å². The molecule has 1 aromatic rings. The van der Waals surface area contributed by atoms with Gasteiger partial charge in [-0.15, -0.1) is 0 Å². The van der Waals surface area contributed by atoms with Crippen LogP contribution in [-0.2, 0) is 6.42 Å². The summed E-state index contributed by atoms with van der Waals surface area (Å²) in [5.74, 6) is 0.378. The Morgan fingerprint density at radius 1 is 1.00 bits per heavy atom. The molecule has 0 aromatic heterocycles. The second-order valence-corrected chi connectivity index (χ2v) is 4.53. The van der Waals surface area contributed by atoms with E-state index in [9.17, 15) is 0 Å². The van der Waals surface area contributed by atoms with E-state index in [1.54, 1.807) is 6.07 Å². The molecule has 0 aliphatic heterocycles. The van der Waals surface area contributed by atoms with Gasteiger partial charge < -0.3 is 11.5 Å². The summed E-state index contributed by atoms with van der Waals surface area (Å²) in [7, 11) is 0. The molecule has 4 N–H and O–H groups in total. The number of hydrogen-bond donors (Lipinski definition) is 2. The molecule has 0 saturated heterocycles. The molecule has 2 nitrogen and oxygen atoms in total. The summed E-state index contributed by atoms with van der Waals surface area (Å²) >= 11 is 11.8. The summed E-state index contributed by atoms with van der Waals surface area (Å²) in [6.45, 7) is 1.26. The summed E-state index contributed by atoms with van der Waals surface area (Å²) in [5, 5.41) is 1.35. The van der Waals surface area contributed by atoms with E-state index in [0.29, 0.717) is 29.1 Å². The zero-order chi connectivity index (χ0) is 11.3. The number of hydrogen-bond acceptors (Lipinski definition) is 2. The molecule has 0 aliphatic carbocycles. The Morgan fingerprint density at radius 3 is 2.00 bits per heavy atom. The van der Waals surface area contributed by atoms with E-state index in [0.717, 1.165) is 18.4 Å². The molecule has 0 unspecified atom stereocenters. The van der Waals surface area contributed by atoms with E-state index in [1.165, 1.54) is 0 Å². The van der Waals surface area contributed by atoms with Gasteiger partial charge in [0.05, 0.1) is 0 Å². The van der Waals surface area contributed by atoms with Crippen molar-refractivity contribution in [3.63, 3.8) is 0 Å². The summed E-state index contributed by atoms with van der Waals surface area (Å²) in [5.41, 5.74) is 12.3. The molecule has 0 amide bonds. The smallest absolute Gasteiger partial charge is 0.0423 e. The minimum Gasteiger partial charge on any atom is -0.330 e. The predicted molar refractivity (Wildman–Crippen MR) is 66.4 cm³/mol. The highest BCUT2D eigenvalue weighted by atomic mass is 35.5. The molecule has 1 rings (SSSR count). The molecule has 84 valence electrons. The molecule has 1 aromatic carbocycles. The van der Waals surface area contributed by atoms with Crippen LogP contribution in [0, 0.1) is 5.92 Å². The predicted octanol–water partition coefficient (Wildman–Crippen LogP) is 2.46. The maximum atomic E-state index is 5.90. The van der Waals surface area contributed by atoms with Gasteiger partial charge in [-0.25, -0.2) is 0 Å². The van der Waals surface area contributed by atoms with Crippen LogP contribution in [-0.4, -0.2) is 13.1 Å². The highest BCUT2D eigenvalue weighted by Crippen LogP contribution is 2.20. The van der Waals surface area contributed by atoms with Crippen LogP contribution in [0.15, 0.2) is 18.2 Å². The highest BCUT2D eigenvalue weighted by molar-refractivity contribution is 6.34. The number of benzene rings is 1. The zero-order valence-electron chi connectivity index (χ0n) is 8.55. The molecule has 0 aliphatic rings. The van der Waals surface area contributed by atoms with Crippen molar-refractivity contribution in [3.05, 3.63) is 33.8 Å². The monoisotopic (exact) mass is 246 g/mol. The lowest BCUT2D eigenvalue weighted by Crippen LogP contribution is -2.23. The Morgan fingerprint density at radius 2 is 1.53 bits per heavy atom. The van der Waals surface area contributed by atoms with Crippen LogP contribution in [0.1, 0.15) is 12.0 Å². The van der Waals surface area contributed by atoms with Crippen LogP contribution in [0.3, 0.4) is 0 Å². The van der Waals surface area contributed by atoms with Crippen LogP contribution in [0.5, 0.6) is 0 Å². The number of halogens is 2. The number of aryl methyl sites for hydroxylation is 1. The fourth-order valence-electron chi connectivity index (χ4n) is 1.46. The van der Waals surface area contributed by atoms with Crippen LogP contribution >= 0.6 is 23.2 Å². The van der Waals surface area contributed by atoms with Gasteiger partial charge in [0.25, 0.3) is 0 Å². The Balaban J connectivity index is 2.57. The van der Waals surface area contributed by atoms with Crippen LogP contribution in [0.25, 0.3) is 0 Å². The molecule has 0 saturated carbocycles. The summed E-state index contributed by atoms with van der Waals surface area (Å²) in [6, 6.07) is 5.59. The van der Waals surface area contributed by atoms with Gasteiger partial charge in [0.2, 0.25) is 0 Å². The van der Waals surface area contributed by atoms with Crippen LogP contribution < -0.4 is 11.5 Å². The summed E-state index contributed by atoms with van der Waals surface area (Å²) in [6.07, 6.45) is 1.89. The van der Waals surface area contributed by atoms with E-state index in [-0.39, 0.29) is 0 Å². The van der Waals surface area contributed by atoms with Gasteiger partial charge in [-0.3, -0.25) is 0 Å². The average Bonchev–Trinajstić information content (AvgIpc) is 2.18. The van der Waals surface area contributed by atoms with Gasteiger partial charge in [-0.1, -0.05) is 23.2 Å².